The molecule has 1 aromatic heterocycles. The second kappa shape index (κ2) is 10.2. The first-order valence-corrected chi connectivity index (χ1v) is 12.3. The van der Waals surface area contributed by atoms with E-state index in [0.29, 0.717) is 29.3 Å². The number of hydrogen-bond donors (Lipinski definition) is 2. The van der Waals surface area contributed by atoms with Crippen LogP contribution in [0.2, 0.25) is 0 Å². The van der Waals surface area contributed by atoms with Gasteiger partial charge < -0.3 is 15.2 Å². The van der Waals surface area contributed by atoms with Gasteiger partial charge in [-0.05, 0) is 78.4 Å². The molecule has 3 heterocycles. The van der Waals surface area contributed by atoms with Gasteiger partial charge in [0.2, 0.25) is 0 Å². The van der Waals surface area contributed by atoms with Gasteiger partial charge in [0, 0.05) is 19.6 Å². The molecule has 3 aromatic rings. The second-order valence-electron chi connectivity index (χ2n) is 9.61. The Morgan fingerprint density at radius 2 is 1.29 bits per heavy atom. The largest absolute Gasteiger partial charge is 0.313 e. The van der Waals surface area contributed by atoms with E-state index in [9.17, 15) is 0 Å². The molecule has 2 aliphatic rings. The third-order valence-corrected chi connectivity index (χ3v) is 6.59. The molecule has 5 rings (SSSR count). The van der Waals surface area contributed by atoms with Gasteiger partial charge in [-0.3, -0.25) is 0 Å². The molecule has 0 amide bonds. The van der Waals surface area contributed by atoms with Crippen molar-refractivity contribution in [1.82, 2.24) is 25.4 Å². The number of benzene rings is 2. The van der Waals surface area contributed by atoms with Crippen molar-refractivity contribution in [2.75, 3.05) is 26.2 Å². The molecule has 0 aliphatic carbocycles. The quantitative estimate of drug-likeness (QED) is 0.508. The molecule has 0 fully saturated rings. The first-order valence-electron chi connectivity index (χ1n) is 12.3. The van der Waals surface area contributed by atoms with Crippen molar-refractivity contribution in [2.45, 2.75) is 33.2 Å². The van der Waals surface area contributed by atoms with Gasteiger partial charge in [-0.2, -0.15) is 0 Å². The van der Waals surface area contributed by atoms with Gasteiger partial charge in [-0.1, -0.05) is 38.1 Å². The molecule has 0 radical (unpaired) electrons. The smallest absolute Gasteiger partial charge is 0.167 e. The maximum Gasteiger partial charge on any atom is 0.167 e. The maximum atomic E-state index is 15.3. The van der Waals surface area contributed by atoms with E-state index in [4.69, 9.17) is 0 Å². The minimum Gasteiger partial charge on any atom is -0.313 e. The second-order valence-corrected chi connectivity index (χ2v) is 9.61. The van der Waals surface area contributed by atoms with E-state index >= 15 is 8.78 Å². The summed E-state index contributed by atoms with van der Waals surface area (Å²) in [5.41, 5.74) is 4.81. The van der Waals surface area contributed by atoms with Crippen LogP contribution in [0.3, 0.4) is 0 Å². The predicted octanol–water partition coefficient (Wildman–Crippen LogP) is 5.30. The summed E-state index contributed by atoms with van der Waals surface area (Å²) in [4.78, 5) is 0. The lowest BCUT2D eigenvalue weighted by atomic mass is 9.98. The van der Waals surface area contributed by atoms with Crippen LogP contribution in [0.4, 0.5) is 8.78 Å². The summed E-state index contributed by atoms with van der Waals surface area (Å²) in [6, 6.07) is 10.5. The van der Waals surface area contributed by atoms with E-state index in [1.807, 2.05) is 16.7 Å². The van der Waals surface area contributed by atoms with Gasteiger partial charge in [0.05, 0.1) is 11.1 Å². The first-order chi connectivity index (χ1) is 17.0. The molecule has 182 valence electrons. The summed E-state index contributed by atoms with van der Waals surface area (Å²) in [5, 5.41) is 15.2. The van der Waals surface area contributed by atoms with E-state index < -0.39 is 0 Å². The fourth-order valence-corrected chi connectivity index (χ4v) is 4.80. The Kier molecular flexibility index (Phi) is 6.88. The van der Waals surface area contributed by atoms with Crippen LogP contribution in [0.1, 0.15) is 37.8 Å². The lowest BCUT2D eigenvalue weighted by Crippen LogP contribution is -2.20. The highest BCUT2D eigenvalue weighted by Gasteiger charge is 2.22. The Morgan fingerprint density at radius 1 is 0.800 bits per heavy atom. The molecule has 0 bridgehead atoms. The standard InChI is InChI=1S/C28H31F2N5/c1-18(2)17-35-27(23-5-3-21(15-25(23)29)19-7-11-31-12-8-19)33-34-28(35)24-6-4-22(16-26(24)30)20-9-13-32-14-10-20/h3-7,9,15-16,18,31-32H,8,10-14,17H2,1-2H3. The van der Waals surface area contributed by atoms with Gasteiger partial charge in [0.1, 0.15) is 11.6 Å². The maximum absolute atomic E-state index is 15.3. The van der Waals surface area contributed by atoms with E-state index in [-0.39, 0.29) is 17.6 Å². The first kappa shape index (κ1) is 23.6. The van der Waals surface area contributed by atoms with E-state index in [2.05, 4.69) is 46.8 Å². The van der Waals surface area contributed by atoms with Gasteiger partial charge >= 0.3 is 0 Å². The highest BCUT2D eigenvalue weighted by atomic mass is 19.1. The Morgan fingerprint density at radius 3 is 1.66 bits per heavy atom. The molecule has 35 heavy (non-hydrogen) atoms. The van der Waals surface area contributed by atoms with Gasteiger partial charge in [0.15, 0.2) is 11.6 Å². The zero-order chi connectivity index (χ0) is 24.4. The summed E-state index contributed by atoms with van der Waals surface area (Å²) < 4.78 is 32.5. The molecule has 2 N–H and O–H groups in total. The third-order valence-electron chi connectivity index (χ3n) is 6.59. The summed E-state index contributed by atoms with van der Waals surface area (Å²) >= 11 is 0. The van der Waals surface area contributed by atoms with Crippen LogP contribution in [-0.2, 0) is 6.54 Å². The monoisotopic (exact) mass is 475 g/mol. The van der Waals surface area contributed by atoms with Gasteiger partial charge in [-0.25, -0.2) is 8.78 Å². The van der Waals surface area contributed by atoms with Crippen LogP contribution in [0.15, 0.2) is 48.6 Å². The normalized spacial score (nSPS) is 16.4. The highest BCUT2D eigenvalue weighted by Crippen LogP contribution is 2.32. The molecule has 2 aromatic carbocycles. The summed E-state index contributed by atoms with van der Waals surface area (Å²) in [7, 11) is 0. The molecule has 0 spiro atoms. The third kappa shape index (κ3) is 4.97. The Hall–Kier alpha value is -3.16. The summed E-state index contributed by atoms with van der Waals surface area (Å²) in [6.45, 7) is 8.05. The topological polar surface area (TPSA) is 54.8 Å². The van der Waals surface area contributed by atoms with Crippen molar-refractivity contribution in [1.29, 1.82) is 0 Å². The molecule has 7 heteroatoms. The zero-order valence-corrected chi connectivity index (χ0v) is 20.2. The molecule has 0 saturated carbocycles. The molecular weight excluding hydrogens is 444 g/mol. The number of halogens is 2. The van der Waals surface area contributed by atoms with Crippen LogP contribution >= 0.6 is 0 Å². The summed E-state index contributed by atoms with van der Waals surface area (Å²) in [5.74, 6) is 0.384. The van der Waals surface area contributed by atoms with E-state index in [1.54, 1.807) is 24.3 Å². The molecular formula is C28H31F2N5. The average Bonchev–Trinajstić information content (AvgIpc) is 3.27. The molecule has 2 aliphatic heterocycles. The highest BCUT2D eigenvalue weighted by molar-refractivity contribution is 5.72. The van der Waals surface area contributed by atoms with Crippen LogP contribution in [0.5, 0.6) is 0 Å². The minimum absolute atomic E-state index is 0.243. The van der Waals surface area contributed by atoms with E-state index in [0.717, 1.165) is 61.3 Å². The number of nitrogens with zero attached hydrogens (tertiary/aromatic N) is 3. The van der Waals surface area contributed by atoms with Crippen LogP contribution in [0, 0.1) is 17.6 Å². The van der Waals surface area contributed by atoms with Crippen LogP contribution in [0.25, 0.3) is 33.9 Å². The van der Waals surface area contributed by atoms with Crippen molar-refractivity contribution in [3.8, 4) is 22.8 Å². The minimum atomic E-state index is -0.348. The zero-order valence-electron chi connectivity index (χ0n) is 20.2. The van der Waals surface area contributed by atoms with Crippen molar-refractivity contribution >= 4 is 11.1 Å². The Bertz CT molecular complexity index is 1200. The number of aromatic nitrogens is 3. The fourth-order valence-electron chi connectivity index (χ4n) is 4.80. The van der Waals surface area contributed by atoms with E-state index in [1.165, 1.54) is 0 Å². The Balaban J connectivity index is 1.53. The SMILES string of the molecule is CC(C)Cn1c(-c2ccc(C3=CCNCC3)cc2F)nnc1-c1ccc(C2=CCNCC2)cc1F. The summed E-state index contributed by atoms with van der Waals surface area (Å²) in [6.07, 6.45) is 5.94. The van der Waals surface area contributed by atoms with Crippen molar-refractivity contribution < 1.29 is 8.78 Å². The van der Waals surface area contributed by atoms with Crippen molar-refractivity contribution in [3.63, 3.8) is 0 Å². The average molecular weight is 476 g/mol. The lowest BCUT2D eigenvalue weighted by molar-refractivity contribution is 0.525. The number of hydrogen-bond acceptors (Lipinski definition) is 4. The van der Waals surface area contributed by atoms with Crippen LogP contribution < -0.4 is 10.6 Å². The lowest BCUT2D eigenvalue weighted by Gasteiger charge is -2.17. The molecule has 0 atom stereocenters. The van der Waals surface area contributed by atoms with Crippen molar-refractivity contribution in [2.24, 2.45) is 5.92 Å². The fraction of sp³-hybridized carbons (Fsp3) is 0.357. The predicted molar refractivity (Wildman–Crippen MR) is 137 cm³/mol. The van der Waals surface area contributed by atoms with Gasteiger partial charge in [0.25, 0.3) is 0 Å². The van der Waals surface area contributed by atoms with Gasteiger partial charge in [-0.15, -0.1) is 10.2 Å². The number of nitrogens with one attached hydrogen (secondary N) is 2. The molecule has 0 saturated heterocycles. The van der Waals surface area contributed by atoms with Crippen molar-refractivity contribution in [3.05, 3.63) is 71.3 Å². The Labute approximate surface area is 205 Å². The molecule has 5 nitrogen and oxygen atoms in total. The van der Waals surface area contributed by atoms with Crippen LogP contribution in [-0.4, -0.2) is 40.9 Å². The molecule has 0 unspecified atom stereocenters. The number of rotatable bonds is 6.